The van der Waals surface area contributed by atoms with Gasteiger partial charge in [-0.3, -0.25) is 9.69 Å². The molecule has 1 atom stereocenters. The van der Waals surface area contributed by atoms with Gasteiger partial charge in [0.05, 0.1) is 0 Å². The molecule has 3 nitrogen and oxygen atoms in total. The van der Waals surface area contributed by atoms with Gasteiger partial charge in [0, 0.05) is 24.7 Å². The molecule has 1 N–H and O–H groups in total. The third-order valence-corrected chi connectivity index (χ3v) is 4.85. The lowest BCUT2D eigenvalue weighted by Gasteiger charge is -2.34. The van der Waals surface area contributed by atoms with Crippen molar-refractivity contribution in [1.29, 1.82) is 0 Å². The molecule has 1 aliphatic rings. The summed E-state index contributed by atoms with van der Waals surface area (Å²) in [6.07, 6.45) is 1.54. The molecule has 1 heterocycles. The van der Waals surface area contributed by atoms with Gasteiger partial charge in [0.2, 0.25) is 5.91 Å². The summed E-state index contributed by atoms with van der Waals surface area (Å²) in [4.78, 5) is 14.8. The lowest BCUT2D eigenvalue weighted by atomic mass is 9.91. The molecule has 3 rings (SSSR count). The van der Waals surface area contributed by atoms with Crippen molar-refractivity contribution in [2.45, 2.75) is 32.7 Å². The first kappa shape index (κ1) is 15.8. The van der Waals surface area contributed by atoms with Crippen LogP contribution >= 0.6 is 0 Å². The average Bonchev–Trinajstić information content (AvgIpc) is 2.54. The molecule has 0 aliphatic carbocycles. The van der Waals surface area contributed by atoms with E-state index in [-0.39, 0.29) is 11.9 Å². The Labute approximate surface area is 138 Å². The molecule has 0 radical (unpaired) electrons. The van der Waals surface area contributed by atoms with Crippen molar-refractivity contribution in [3.05, 3.63) is 64.7 Å². The molecular formula is C20H24N2O. The van der Waals surface area contributed by atoms with Gasteiger partial charge in [-0.25, -0.2) is 0 Å². The van der Waals surface area contributed by atoms with Crippen molar-refractivity contribution in [2.75, 3.05) is 18.9 Å². The van der Waals surface area contributed by atoms with Crippen LogP contribution in [0.1, 0.15) is 34.7 Å². The second-order valence-electron chi connectivity index (χ2n) is 6.50. The third-order valence-electron chi connectivity index (χ3n) is 4.85. The van der Waals surface area contributed by atoms with E-state index in [0.717, 1.165) is 18.7 Å². The molecule has 0 saturated heterocycles. The first-order valence-corrected chi connectivity index (χ1v) is 8.20. The van der Waals surface area contributed by atoms with Gasteiger partial charge >= 0.3 is 0 Å². The number of anilines is 1. The zero-order valence-corrected chi connectivity index (χ0v) is 14.1. The molecule has 0 aromatic heterocycles. The lowest BCUT2D eigenvalue weighted by molar-refractivity contribution is -0.117. The van der Waals surface area contributed by atoms with E-state index in [1.807, 2.05) is 18.2 Å². The maximum absolute atomic E-state index is 12.5. The first-order chi connectivity index (χ1) is 11.0. The summed E-state index contributed by atoms with van der Waals surface area (Å²) in [7, 11) is 2.10. The van der Waals surface area contributed by atoms with Crippen molar-refractivity contribution < 1.29 is 4.79 Å². The van der Waals surface area contributed by atoms with E-state index in [0.29, 0.717) is 6.42 Å². The van der Waals surface area contributed by atoms with Crippen molar-refractivity contribution in [3.8, 4) is 0 Å². The summed E-state index contributed by atoms with van der Waals surface area (Å²) in [5.74, 6) is 0.0711. The molecule has 0 bridgehead atoms. The highest BCUT2D eigenvalue weighted by atomic mass is 16.1. The minimum atomic E-state index is 0.0711. The van der Waals surface area contributed by atoms with Crippen LogP contribution in [-0.2, 0) is 11.2 Å². The molecule has 23 heavy (non-hydrogen) atoms. The molecule has 2 aromatic rings. The van der Waals surface area contributed by atoms with Gasteiger partial charge in [0.1, 0.15) is 0 Å². The highest BCUT2D eigenvalue weighted by Gasteiger charge is 2.26. The molecular weight excluding hydrogens is 284 g/mol. The topological polar surface area (TPSA) is 32.3 Å². The molecule has 0 spiro atoms. The largest absolute Gasteiger partial charge is 0.326 e. The first-order valence-electron chi connectivity index (χ1n) is 8.20. The van der Waals surface area contributed by atoms with Crippen molar-refractivity contribution >= 4 is 11.6 Å². The second kappa shape index (κ2) is 6.55. The second-order valence-corrected chi connectivity index (χ2v) is 6.50. The van der Waals surface area contributed by atoms with Crippen LogP contribution < -0.4 is 5.32 Å². The number of nitrogens with one attached hydrogen (secondary N) is 1. The van der Waals surface area contributed by atoms with E-state index in [1.54, 1.807) is 0 Å². The van der Waals surface area contributed by atoms with Crippen LogP contribution in [0, 0.1) is 13.8 Å². The van der Waals surface area contributed by atoms with Crippen LogP contribution in [-0.4, -0.2) is 24.4 Å². The summed E-state index contributed by atoms with van der Waals surface area (Å²) in [5.41, 5.74) is 5.97. The standard InChI is InChI=1S/C20H24N2O/c1-14-8-9-17(12-15(14)2)21-20(23)13-19-18-7-5-4-6-16(18)10-11-22(19)3/h4-9,12,19H,10-11,13H2,1-3H3,(H,21,23). The van der Waals surface area contributed by atoms with Crippen LogP contribution in [0.5, 0.6) is 0 Å². The Kier molecular flexibility index (Phi) is 4.49. The van der Waals surface area contributed by atoms with Gasteiger partial charge in [-0.15, -0.1) is 0 Å². The Balaban J connectivity index is 1.73. The van der Waals surface area contributed by atoms with Crippen LogP contribution in [0.25, 0.3) is 0 Å². The molecule has 3 heteroatoms. The predicted octanol–water partition coefficient (Wildman–Crippen LogP) is 3.86. The Hall–Kier alpha value is -2.13. The Bertz CT molecular complexity index is 723. The van der Waals surface area contributed by atoms with Crippen molar-refractivity contribution in [1.82, 2.24) is 4.90 Å². The summed E-state index contributed by atoms with van der Waals surface area (Å²) in [5, 5.41) is 3.04. The number of hydrogen-bond acceptors (Lipinski definition) is 2. The van der Waals surface area contributed by atoms with Gasteiger partial charge in [-0.2, -0.15) is 0 Å². The fraction of sp³-hybridized carbons (Fsp3) is 0.350. The van der Waals surface area contributed by atoms with Gasteiger partial charge in [-0.1, -0.05) is 30.3 Å². The zero-order chi connectivity index (χ0) is 16.4. The molecule has 2 aromatic carbocycles. The number of carbonyl (C=O) groups is 1. The van der Waals surface area contributed by atoms with E-state index in [2.05, 4.69) is 55.4 Å². The summed E-state index contributed by atoms with van der Waals surface area (Å²) >= 11 is 0. The van der Waals surface area contributed by atoms with E-state index in [1.165, 1.54) is 22.3 Å². The van der Waals surface area contributed by atoms with Crippen LogP contribution in [0.15, 0.2) is 42.5 Å². The third kappa shape index (κ3) is 3.45. The Morgan fingerprint density at radius 3 is 2.74 bits per heavy atom. The van der Waals surface area contributed by atoms with Crippen molar-refractivity contribution in [3.63, 3.8) is 0 Å². The minimum absolute atomic E-state index is 0.0711. The molecule has 1 aliphatic heterocycles. The monoisotopic (exact) mass is 308 g/mol. The van der Waals surface area contributed by atoms with E-state index in [4.69, 9.17) is 0 Å². The summed E-state index contributed by atoms with van der Waals surface area (Å²) in [6.45, 7) is 5.14. The van der Waals surface area contributed by atoms with E-state index >= 15 is 0 Å². The maximum atomic E-state index is 12.5. The fourth-order valence-corrected chi connectivity index (χ4v) is 3.25. The minimum Gasteiger partial charge on any atom is -0.326 e. The summed E-state index contributed by atoms with van der Waals surface area (Å²) < 4.78 is 0. The number of carbonyl (C=O) groups excluding carboxylic acids is 1. The average molecular weight is 308 g/mol. The number of nitrogens with zero attached hydrogens (tertiary/aromatic N) is 1. The van der Waals surface area contributed by atoms with Crippen LogP contribution in [0.3, 0.4) is 0 Å². The molecule has 120 valence electrons. The molecule has 1 unspecified atom stereocenters. The predicted molar refractivity (Wildman–Crippen MR) is 94.7 cm³/mol. The number of hydrogen-bond donors (Lipinski definition) is 1. The SMILES string of the molecule is Cc1ccc(NC(=O)CC2c3ccccc3CCN2C)cc1C. The van der Waals surface area contributed by atoms with Crippen LogP contribution in [0.4, 0.5) is 5.69 Å². The highest BCUT2D eigenvalue weighted by Crippen LogP contribution is 2.31. The van der Waals surface area contributed by atoms with Gasteiger partial charge < -0.3 is 5.32 Å². The number of aryl methyl sites for hydroxylation is 2. The normalized spacial score (nSPS) is 17.6. The molecule has 0 saturated carbocycles. The van der Waals surface area contributed by atoms with Gasteiger partial charge in [0.15, 0.2) is 0 Å². The number of rotatable bonds is 3. The quantitative estimate of drug-likeness (QED) is 0.934. The summed E-state index contributed by atoms with van der Waals surface area (Å²) in [6, 6.07) is 14.7. The van der Waals surface area contributed by atoms with Gasteiger partial charge in [-0.05, 0) is 61.7 Å². The Morgan fingerprint density at radius 1 is 1.17 bits per heavy atom. The zero-order valence-electron chi connectivity index (χ0n) is 14.1. The molecule has 0 fully saturated rings. The lowest BCUT2D eigenvalue weighted by Crippen LogP contribution is -2.34. The fourth-order valence-electron chi connectivity index (χ4n) is 3.25. The van der Waals surface area contributed by atoms with E-state index in [9.17, 15) is 4.79 Å². The number of likely N-dealkylation sites (N-methyl/N-ethyl adjacent to an activating group) is 1. The number of fused-ring (bicyclic) bond motifs is 1. The smallest absolute Gasteiger partial charge is 0.226 e. The van der Waals surface area contributed by atoms with Crippen molar-refractivity contribution in [2.24, 2.45) is 0 Å². The van der Waals surface area contributed by atoms with Crippen LogP contribution in [0.2, 0.25) is 0 Å². The molecule has 1 amide bonds. The number of benzene rings is 2. The highest BCUT2D eigenvalue weighted by molar-refractivity contribution is 5.91. The van der Waals surface area contributed by atoms with Gasteiger partial charge in [0.25, 0.3) is 0 Å². The number of amides is 1. The Morgan fingerprint density at radius 2 is 1.96 bits per heavy atom. The van der Waals surface area contributed by atoms with E-state index < -0.39 is 0 Å². The maximum Gasteiger partial charge on any atom is 0.226 e.